The van der Waals surface area contributed by atoms with Gasteiger partial charge in [-0.15, -0.1) is 0 Å². The van der Waals surface area contributed by atoms with Gasteiger partial charge in [-0.3, -0.25) is 9.97 Å². The van der Waals surface area contributed by atoms with Gasteiger partial charge in [-0.2, -0.15) is 0 Å². The fourth-order valence-corrected chi connectivity index (χ4v) is 1.35. The van der Waals surface area contributed by atoms with Gasteiger partial charge in [-0.05, 0) is 18.2 Å². The van der Waals surface area contributed by atoms with Gasteiger partial charge in [0.2, 0.25) is 0 Å². The van der Waals surface area contributed by atoms with Crippen LogP contribution in [0.15, 0.2) is 36.8 Å². The van der Waals surface area contributed by atoms with Crippen LogP contribution in [0.1, 0.15) is 10.4 Å². The predicted octanol–water partition coefficient (Wildman–Crippen LogP) is 1.98. The van der Waals surface area contributed by atoms with Crippen LogP contribution in [0.25, 0.3) is 11.3 Å². The monoisotopic (exact) mass is 218 g/mol. The lowest BCUT2D eigenvalue weighted by molar-refractivity contribution is 0.0697. The lowest BCUT2D eigenvalue weighted by atomic mass is 10.0. The van der Waals surface area contributed by atoms with Crippen LogP contribution in [0.2, 0.25) is 0 Å². The van der Waals surface area contributed by atoms with Gasteiger partial charge in [0.25, 0.3) is 0 Å². The summed E-state index contributed by atoms with van der Waals surface area (Å²) < 4.78 is 13.1. The standard InChI is InChI=1S/C11H7FN2O2/c12-7-1-2-8(11(15)16)9(5-7)10-6-13-3-4-14-10/h1-6H,(H,15,16). The Balaban J connectivity index is 2.63. The maximum atomic E-state index is 13.1. The molecule has 0 amide bonds. The molecule has 1 N–H and O–H groups in total. The number of hydrogen-bond donors (Lipinski definition) is 1. The molecule has 0 spiro atoms. The van der Waals surface area contributed by atoms with E-state index in [2.05, 4.69) is 9.97 Å². The number of carbonyl (C=O) groups is 1. The Hall–Kier alpha value is -2.30. The van der Waals surface area contributed by atoms with Crippen molar-refractivity contribution in [2.75, 3.05) is 0 Å². The SMILES string of the molecule is O=C(O)c1ccc(F)cc1-c1cnccn1. The van der Waals surface area contributed by atoms with Gasteiger partial charge in [0.05, 0.1) is 17.5 Å². The molecule has 1 heterocycles. The Morgan fingerprint density at radius 3 is 2.75 bits per heavy atom. The Labute approximate surface area is 90.4 Å². The molecular weight excluding hydrogens is 211 g/mol. The van der Waals surface area contributed by atoms with Gasteiger partial charge < -0.3 is 5.11 Å². The van der Waals surface area contributed by atoms with Crippen LogP contribution in [0, 0.1) is 5.82 Å². The van der Waals surface area contributed by atoms with Crippen molar-refractivity contribution in [3.8, 4) is 11.3 Å². The molecule has 0 saturated heterocycles. The molecule has 0 aliphatic rings. The number of benzene rings is 1. The zero-order valence-corrected chi connectivity index (χ0v) is 8.09. The van der Waals surface area contributed by atoms with Crippen molar-refractivity contribution in [1.82, 2.24) is 9.97 Å². The van der Waals surface area contributed by atoms with E-state index >= 15 is 0 Å². The summed E-state index contributed by atoms with van der Waals surface area (Å²) in [5.41, 5.74) is 0.557. The normalized spacial score (nSPS) is 10.1. The van der Waals surface area contributed by atoms with Crippen molar-refractivity contribution < 1.29 is 14.3 Å². The molecule has 0 unspecified atom stereocenters. The van der Waals surface area contributed by atoms with Crippen molar-refractivity contribution in [3.05, 3.63) is 48.2 Å². The summed E-state index contributed by atoms with van der Waals surface area (Å²) in [5.74, 6) is -1.63. The summed E-state index contributed by atoms with van der Waals surface area (Å²) in [6.45, 7) is 0. The number of aromatic nitrogens is 2. The number of aromatic carboxylic acids is 1. The lowest BCUT2D eigenvalue weighted by Gasteiger charge is -2.04. The summed E-state index contributed by atoms with van der Waals surface area (Å²) >= 11 is 0. The van der Waals surface area contributed by atoms with Crippen LogP contribution in [0.3, 0.4) is 0 Å². The number of carboxylic acids is 1. The summed E-state index contributed by atoms with van der Waals surface area (Å²) in [6, 6.07) is 3.44. The van der Waals surface area contributed by atoms with Crippen molar-refractivity contribution >= 4 is 5.97 Å². The first-order valence-electron chi connectivity index (χ1n) is 4.47. The fraction of sp³-hybridized carbons (Fsp3) is 0. The lowest BCUT2D eigenvalue weighted by Crippen LogP contribution is -2.01. The van der Waals surface area contributed by atoms with Crippen LogP contribution in [-0.4, -0.2) is 21.0 Å². The highest BCUT2D eigenvalue weighted by atomic mass is 19.1. The van der Waals surface area contributed by atoms with Gasteiger partial charge in [0.15, 0.2) is 0 Å². The number of rotatable bonds is 2. The number of carboxylic acid groups (broad SMARTS) is 1. The second-order valence-electron chi connectivity index (χ2n) is 3.09. The summed E-state index contributed by atoms with van der Waals surface area (Å²) in [5, 5.41) is 8.95. The maximum absolute atomic E-state index is 13.1. The van der Waals surface area contributed by atoms with E-state index in [1.54, 1.807) is 0 Å². The summed E-state index contributed by atoms with van der Waals surface area (Å²) in [4.78, 5) is 18.7. The van der Waals surface area contributed by atoms with E-state index in [9.17, 15) is 9.18 Å². The molecule has 0 saturated carbocycles. The Bertz CT molecular complexity index is 529. The predicted molar refractivity (Wildman–Crippen MR) is 54.4 cm³/mol. The number of halogens is 1. The van der Waals surface area contributed by atoms with E-state index in [0.29, 0.717) is 5.69 Å². The molecule has 1 aromatic heterocycles. The summed E-state index contributed by atoms with van der Waals surface area (Å²) in [6.07, 6.45) is 4.27. The van der Waals surface area contributed by atoms with Crippen molar-refractivity contribution in [3.63, 3.8) is 0 Å². The molecule has 0 aliphatic heterocycles. The molecule has 1 aromatic carbocycles. The first-order valence-corrected chi connectivity index (χ1v) is 4.47. The minimum absolute atomic E-state index is 0.00176. The molecule has 5 heteroatoms. The highest BCUT2D eigenvalue weighted by molar-refractivity contribution is 5.95. The average molecular weight is 218 g/mol. The van der Waals surface area contributed by atoms with Crippen LogP contribution in [0.4, 0.5) is 4.39 Å². The van der Waals surface area contributed by atoms with Crippen molar-refractivity contribution in [1.29, 1.82) is 0 Å². The van der Waals surface area contributed by atoms with Gasteiger partial charge in [0.1, 0.15) is 5.82 Å². The van der Waals surface area contributed by atoms with E-state index in [4.69, 9.17) is 5.11 Å². The highest BCUT2D eigenvalue weighted by Crippen LogP contribution is 2.22. The van der Waals surface area contributed by atoms with Crippen molar-refractivity contribution in [2.45, 2.75) is 0 Å². The van der Waals surface area contributed by atoms with E-state index in [0.717, 1.165) is 12.1 Å². The first kappa shape index (κ1) is 10.2. The molecule has 0 fully saturated rings. The quantitative estimate of drug-likeness (QED) is 0.837. The largest absolute Gasteiger partial charge is 0.478 e. The molecule has 0 aliphatic carbocycles. The molecule has 2 rings (SSSR count). The molecule has 4 nitrogen and oxygen atoms in total. The number of nitrogens with zero attached hydrogens (tertiary/aromatic N) is 2. The van der Waals surface area contributed by atoms with Gasteiger partial charge in [0, 0.05) is 18.0 Å². The Morgan fingerprint density at radius 2 is 2.12 bits per heavy atom. The molecule has 0 radical (unpaired) electrons. The summed E-state index contributed by atoms with van der Waals surface area (Å²) in [7, 11) is 0. The van der Waals surface area contributed by atoms with Crippen LogP contribution in [0.5, 0.6) is 0 Å². The third kappa shape index (κ3) is 1.88. The van der Waals surface area contributed by atoms with E-state index in [1.165, 1.54) is 24.7 Å². The Morgan fingerprint density at radius 1 is 1.31 bits per heavy atom. The molecule has 0 atom stereocenters. The smallest absolute Gasteiger partial charge is 0.336 e. The molecule has 80 valence electrons. The average Bonchev–Trinajstić information content (AvgIpc) is 2.29. The minimum Gasteiger partial charge on any atom is -0.478 e. The van der Waals surface area contributed by atoms with Crippen molar-refractivity contribution in [2.24, 2.45) is 0 Å². The van der Waals surface area contributed by atoms with Crippen LogP contribution < -0.4 is 0 Å². The van der Waals surface area contributed by atoms with Gasteiger partial charge in [-0.1, -0.05) is 0 Å². The molecule has 2 aromatic rings. The molecular formula is C11H7FN2O2. The van der Waals surface area contributed by atoms with E-state index < -0.39 is 11.8 Å². The minimum atomic E-state index is -1.12. The zero-order chi connectivity index (χ0) is 11.5. The first-order chi connectivity index (χ1) is 7.68. The molecule has 16 heavy (non-hydrogen) atoms. The maximum Gasteiger partial charge on any atom is 0.336 e. The topological polar surface area (TPSA) is 63.1 Å². The zero-order valence-electron chi connectivity index (χ0n) is 8.09. The third-order valence-electron chi connectivity index (χ3n) is 2.05. The van der Waals surface area contributed by atoms with Gasteiger partial charge in [-0.25, -0.2) is 9.18 Å². The van der Waals surface area contributed by atoms with E-state index in [-0.39, 0.29) is 11.1 Å². The number of hydrogen-bond acceptors (Lipinski definition) is 3. The van der Waals surface area contributed by atoms with Gasteiger partial charge >= 0.3 is 5.97 Å². The molecule has 0 bridgehead atoms. The second kappa shape index (κ2) is 4.06. The third-order valence-corrected chi connectivity index (χ3v) is 2.05. The van der Waals surface area contributed by atoms with Crippen LogP contribution in [-0.2, 0) is 0 Å². The Kier molecular flexibility index (Phi) is 2.59. The second-order valence-corrected chi connectivity index (χ2v) is 3.09. The van der Waals surface area contributed by atoms with Crippen LogP contribution >= 0.6 is 0 Å². The van der Waals surface area contributed by atoms with E-state index in [1.807, 2.05) is 0 Å². The fourth-order valence-electron chi connectivity index (χ4n) is 1.35. The highest BCUT2D eigenvalue weighted by Gasteiger charge is 2.13.